The van der Waals surface area contributed by atoms with Gasteiger partial charge in [-0.2, -0.15) is 13.2 Å². The molecule has 0 aliphatic carbocycles. The van der Waals surface area contributed by atoms with Gasteiger partial charge < -0.3 is 10.1 Å². The minimum absolute atomic E-state index is 0.177. The van der Waals surface area contributed by atoms with Crippen molar-refractivity contribution in [2.45, 2.75) is 37.4 Å². The SMILES string of the molecule is CC[C@@H](NC(=O)CN(c1ccc(Cl)c(C(F)(F)F)c1)S(=O)(=O)c1ccccc1)c1ccc(OC)c(C)c1. The van der Waals surface area contributed by atoms with E-state index in [1.807, 2.05) is 19.9 Å². The van der Waals surface area contributed by atoms with Crippen LogP contribution in [0.1, 0.15) is 36.1 Å². The van der Waals surface area contributed by atoms with E-state index in [1.165, 1.54) is 24.3 Å². The number of nitrogens with one attached hydrogen (secondary N) is 1. The first kappa shape index (κ1) is 28.3. The van der Waals surface area contributed by atoms with Gasteiger partial charge in [0.1, 0.15) is 12.3 Å². The summed E-state index contributed by atoms with van der Waals surface area (Å²) in [5, 5.41) is 2.21. The summed E-state index contributed by atoms with van der Waals surface area (Å²) in [4.78, 5) is 12.9. The molecule has 0 bridgehead atoms. The number of hydrogen-bond acceptors (Lipinski definition) is 4. The molecule has 0 spiro atoms. The van der Waals surface area contributed by atoms with E-state index in [4.69, 9.17) is 16.3 Å². The van der Waals surface area contributed by atoms with Gasteiger partial charge in [0.05, 0.1) is 34.3 Å². The molecule has 0 aliphatic rings. The summed E-state index contributed by atoms with van der Waals surface area (Å²) in [6.45, 7) is 2.95. The maximum atomic E-state index is 13.5. The topological polar surface area (TPSA) is 75.7 Å². The fraction of sp³-hybridized carbons (Fsp3) is 0.269. The average Bonchev–Trinajstić information content (AvgIpc) is 2.86. The minimum atomic E-state index is -4.82. The number of amides is 1. The highest BCUT2D eigenvalue weighted by Gasteiger charge is 2.35. The smallest absolute Gasteiger partial charge is 0.417 e. The van der Waals surface area contributed by atoms with E-state index >= 15 is 0 Å². The molecular formula is C26H26ClF3N2O4S. The second-order valence-corrected chi connectivity index (χ2v) is 10.5. The van der Waals surface area contributed by atoms with Gasteiger partial charge in [0.25, 0.3) is 10.0 Å². The van der Waals surface area contributed by atoms with Gasteiger partial charge in [-0.15, -0.1) is 0 Å². The maximum Gasteiger partial charge on any atom is 0.417 e. The number of hydrogen-bond donors (Lipinski definition) is 1. The van der Waals surface area contributed by atoms with Gasteiger partial charge in [0.15, 0.2) is 0 Å². The van der Waals surface area contributed by atoms with Crippen LogP contribution in [0.3, 0.4) is 0 Å². The van der Waals surface area contributed by atoms with Crippen LogP contribution in [0.15, 0.2) is 71.6 Å². The molecule has 6 nitrogen and oxygen atoms in total. The van der Waals surface area contributed by atoms with Crippen molar-refractivity contribution in [1.82, 2.24) is 5.32 Å². The molecule has 0 fully saturated rings. The van der Waals surface area contributed by atoms with Crippen molar-refractivity contribution in [2.24, 2.45) is 0 Å². The number of halogens is 4. The molecule has 11 heteroatoms. The number of sulfonamides is 1. The predicted molar refractivity (Wildman–Crippen MR) is 136 cm³/mol. The summed E-state index contributed by atoms with van der Waals surface area (Å²) in [6.07, 6.45) is -4.33. The summed E-state index contributed by atoms with van der Waals surface area (Å²) in [6, 6.07) is 14.8. The lowest BCUT2D eigenvalue weighted by atomic mass is 10.0. The first-order valence-corrected chi connectivity index (χ1v) is 13.1. The Morgan fingerprint density at radius 1 is 1.08 bits per heavy atom. The number of nitrogens with zero attached hydrogens (tertiary/aromatic N) is 1. The number of anilines is 1. The van der Waals surface area contributed by atoms with E-state index in [-0.39, 0.29) is 10.6 Å². The Bertz CT molecular complexity index is 1370. The molecule has 0 aromatic heterocycles. The first-order valence-electron chi connectivity index (χ1n) is 11.3. The number of aryl methyl sites for hydroxylation is 1. The molecular weight excluding hydrogens is 529 g/mol. The molecule has 37 heavy (non-hydrogen) atoms. The zero-order valence-corrected chi connectivity index (χ0v) is 21.9. The number of methoxy groups -OCH3 is 1. The molecule has 0 saturated carbocycles. The van der Waals surface area contributed by atoms with Gasteiger partial charge in [-0.25, -0.2) is 8.42 Å². The number of carbonyl (C=O) groups excluding carboxylic acids is 1. The summed E-state index contributed by atoms with van der Waals surface area (Å²) >= 11 is 5.74. The fourth-order valence-corrected chi connectivity index (χ4v) is 5.49. The molecule has 1 atom stereocenters. The average molecular weight is 555 g/mol. The molecule has 0 aliphatic heterocycles. The van der Waals surface area contributed by atoms with Crippen LogP contribution in [0.25, 0.3) is 0 Å². The highest BCUT2D eigenvalue weighted by atomic mass is 35.5. The monoisotopic (exact) mass is 554 g/mol. The number of rotatable bonds is 9. The van der Waals surface area contributed by atoms with Gasteiger partial charge in [-0.3, -0.25) is 9.10 Å². The van der Waals surface area contributed by atoms with E-state index in [0.717, 1.165) is 23.3 Å². The largest absolute Gasteiger partial charge is 0.496 e. The summed E-state index contributed by atoms with van der Waals surface area (Å²) < 4.78 is 73.4. The fourth-order valence-electron chi connectivity index (χ4n) is 3.83. The number of alkyl halides is 3. The normalized spacial score (nSPS) is 12.6. The first-order chi connectivity index (χ1) is 17.4. The predicted octanol–water partition coefficient (Wildman–Crippen LogP) is 6.14. The van der Waals surface area contributed by atoms with Gasteiger partial charge >= 0.3 is 6.18 Å². The van der Waals surface area contributed by atoms with Crippen LogP contribution >= 0.6 is 11.6 Å². The second-order valence-electron chi connectivity index (χ2n) is 8.24. The van der Waals surface area contributed by atoms with Crippen molar-refractivity contribution in [1.29, 1.82) is 0 Å². The molecule has 3 aromatic carbocycles. The Hall–Kier alpha value is -3.24. The van der Waals surface area contributed by atoms with Crippen LogP contribution in [-0.4, -0.2) is 28.0 Å². The third-order valence-electron chi connectivity index (χ3n) is 5.73. The van der Waals surface area contributed by atoms with Crippen LogP contribution in [0, 0.1) is 6.92 Å². The zero-order valence-electron chi connectivity index (χ0n) is 20.3. The molecule has 1 amide bonds. The van der Waals surface area contributed by atoms with E-state index in [2.05, 4.69) is 5.32 Å². The van der Waals surface area contributed by atoms with Crippen molar-refractivity contribution < 1.29 is 31.1 Å². The molecule has 0 saturated heterocycles. The van der Waals surface area contributed by atoms with Crippen LogP contribution in [0.2, 0.25) is 5.02 Å². The Kier molecular flexibility index (Phi) is 8.76. The number of ether oxygens (including phenoxy) is 1. The van der Waals surface area contributed by atoms with E-state index in [9.17, 15) is 26.4 Å². The van der Waals surface area contributed by atoms with E-state index < -0.39 is 45.3 Å². The molecule has 3 rings (SSSR count). The van der Waals surface area contributed by atoms with Gasteiger partial charge in [0, 0.05) is 0 Å². The van der Waals surface area contributed by atoms with Crippen LogP contribution in [0.5, 0.6) is 5.75 Å². The Balaban J connectivity index is 1.99. The van der Waals surface area contributed by atoms with Gasteiger partial charge in [-0.1, -0.05) is 48.9 Å². The second kappa shape index (κ2) is 11.4. The number of carbonyl (C=O) groups is 1. The van der Waals surface area contributed by atoms with Crippen molar-refractivity contribution >= 4 is 33.2 Å². The van der Waals surface area contributed by atoms with Gasteiger partial charge in [-0.05, 0) is 60.9 Å². The summed E-state index contributed by atoms with van der Waals surface area (Å²) in [7, 11) is -2.86. The Morgan fingerprint density at radius 2 is 1.76 bits per heavy atom. The molecule has 0 radical (unpaired) electrons. The van der Waals surface area contributed by atoms with Crippen molar-refractivity contribution in [3.63, 3.8) is 0 Å². The molecule has 0 unspecified atom stereocenters. The quantitative estimate of drug-likeness (QED) is 0.345. The third-order valence-corrected chi connectivity index (χ3v) is 7.84. The standard InChI is InChI=1S/C26H26ClF3N2O4S/c1-4-23(18-10-13-24(36-3)17(2)14-18)31-25(33)16-32(37(34,35)20-8-6-5-7-9-20)19-11-12-22(27)21(15-19)26(28,29)30/h5-15,23H,4,16H2,1-3H3,(H,31,33)/t23-/m1/s1. The van der Waals surface area contributed by atoms with Crippen molar-refractivity contribution in [3.05, 3.63) is 88.4 Å². The van der Waals surface area contributed by atoms with Crippen LogP contribution < -0.4 is 14.4 Å². The molecule has 1 N–H and O–H groups in total. The third kappa shape index (κ3) is 6.56. The molecule has 3 aromatic rings. The lowest BCUT2D eigenvalue weighted by molar-refractivity contribution is -0.137. The van der Waals surface area contributed by atoms with Crippen LogP contribution in [-0.2, 0) is 21.0 Å². The van der Waals surface area contributed by atoms with Crippen molar-refractivity contribution in [2.75, 3.05) is 18.0 Å². The summed E-state index contributed by atoms with van der Waals surface area (Å²) in [5.41, 5.74) is 0.0730. The van der Waals surface area contributed by atoms with E-state index in [1.54, 1.807) is 25.3 Å². The van der Waals surface area contributed by atoms with Gasteiger partial charge in [0.2, 0.25) is 5.91 Å². The highest BCUT2D eigenvalue weighted by molar-refractivity contribution is 7.92. The minimum Gasteiger partial charge on any atom is -0.496 e. The molecule has 0 heterocycles. The van der Waals surface area contributed by atoms with E-state index in [0.29, 0.717) is 22.5 Å². The Labute approximate surface area is 219 Å². The number of benzene rings is 3. The Morgan fingerprint density at radius 3 is 2.32 bits per heavy atom. The zero-order chi connectivity index (χ0) is 27.4. The highest BCUT2D eigenvalue weighted by Crippen LogP contribution is 2.38. The van der Waals surface area contributed by atoms with Crippen molar-refractivity contribution in [3.8, 4) is 5.75 Å². The lowest BCUT2D eigenvalue weighted by Gasteiger charge is -2.26. The maximum absolute atomic E-state index is 13.5. The lowest BCUT2D eigenvalue weighted by Crippen LogP contribution is -2.42. The molecule has 198 valence electrons. The van der Waals surface area contributed by atoms with Crippen LogP contribution in [0.4, 0.5) is 18.9 Å². The summed E-state index contributed by atoms with van der Waals surface area (Å²) in [5.74, 6) is -0.0170.